The smallest absolute Gasteiger partial charge is 0.191 e. The van der Waals surface area contributed by atoms with Crippen LogP contribution in [0.5, 0.6) is 0 Å². The molecule has 0 aliphatic rings. The molecular formula is C17H28N6O. The van der Waals surface area contributed by atoms with Gasteiger partial charge in [-0.25, -0.2) is 0 Å². The Morgan fingerprint density at radius 3 is 2.83 bits per heavy atom. The average Bonchev–Trinajstić information content (AvgIpc) is 2.99. The van der Waals surface area contributed by atoms with Crippen LogP contribution in [0.1, 0.15) is 26.1 Å². The summed E-state index contributed by atoms with van der Waals surface area (Å²) in [7, 11) is 1.77. The van der Waals surface area contributed by atoms with E-state index in [1.54, 1.807) is 7.05 Å². The van der Waals surface area contributed by atoms with Crippen LogP contribution in [-0.2, 0) is 11.2 Å². The van der Waals surface area contributed by atoms with Crippen LogP contribution >= 0.6 is 0 Å². The molecule has 0 bridgehead atoms. The predicted molar refractivity (Wildman–Crippen MR) is 96.3 cm³/mol. The third-order valence-corrected chi connectivity index (χ3v) is 3.63. The fourth-order valence-corrected chi connectivity index (χ4v) is 2.24. The highest BCUT2D eigenvalue weighted by Crippen LogP contribution is 2.02. The van der Waals surface area contributed by atoms with Crippen molar-refractivity contribution in [2.24, 2.45) is 10.9 Å². The van der Waals surface area contributed by atoms with Crippen LogP contribution in [0.25, 0.3) is 5.65 Å². The molecule has 7 nitrogen and oxygen atoms in total. The highest BCUT2D eigenvalue weighted by Gasteiger charge is 2.04. The monoisotopic (exact) mass is 332 g/mol. The van der Waals surface area contributed by atoms with Crippen molar-refractivity contribution in [3.63, 3.8) is 0 Å². The molecule has 0 unspecified atom stereocenters. The number of aromatic nitrogens is 3. The lowest BCUT2D eigenvalue weighted by Gasteiger charge is -2.12. The predicted octanol–water partition coefficient (Wildman–Crippen LogP) is 1.50. The van der Waals surface area contributed by atoms with Gasteiger partial charge in [-0.05, 0) is 24.5 Å². The van der Waals surface area contributed by atoms with Gasteiger partial charge in [-0.3, -0.25) is 9.39 Å². The third kappa shape index (κ3) is 5.81. The average molecular weight is 332 g/mol. The van der Waals surface area contributed by atoms with E-state index in [9.17, 15) is 0 Å². The summed E-state index contributed by atoms with van der Waals surface area (Å²) in [6.07, 6.45) is 3.85. The number of ether oxygens (including phenoxy) is 1. The summed E-state index contributed by atoms with van der Waals surface area (Å²) in [5.41, 5.74) is 0.869. The largest absolute Gasteiger partial charge is 0.380 e. The van der Waals surface area contributed by atoms with Crippen LogP contribution in [0.15, 0.2) is 29.4 Å². The van der Waals surface area contributed by atoms with Gasteiger partial charge in [0.1, 0.15) is 5.82 Å². The molecule has 2 aromatic rings. The van der Waals surface area contributed by atoms with Gasteiger partial charge in [0.25, 0.3) is 0 Å². The number of nitrogens with zero attached hydrogens (tertiary/aromatic N) is 4. The molecule has 0 saturated carbocycles. The van der Waals surface area contributed by atoms with Crippen LogP contribution in [0.2, 0.25) is 0 Å². The molecule has 0 fully saturated rings. The lowest BCUT2D eigenvalue weighted by atomic mass is 10.1. The van der Waals surface area contributed by atoms with Crippen LogP contribution in [-0.4, -0.2) is 53.9 Å². The van der Waals surface area contributed by atoms with E-state index in [2.05, 4.69) is 39.7 Å². The van der Waals surface area contributed by atoms with Crippen LogP contribution in [0, 0.1) is 5.92 Å². The second-order valence-corrected chi connectivity index (χ2v) is 6.02. The summed E-state index contributed by atoms with van der Waals surface area (Å²) in [6.45, 7) is 7.38. The number of nitrogens with one attached hydrogen (secondary N) is 2. The Bertz CT molecular complexity index is 637. The highest BCUT2D eigenvalue weighted by molar-refractivity contribution is 5.79. The van der Waals surface area contributed by atoms with Crippen molar-refractivity contribution in [2.75, 3.05) is 33.4 Å². The van der Waals surface area contributed by atoms with E-state index >= 15 is 0 Å². The van der Waals surface area contributed by atoms with Gasteiger partial charge in [-0.2, -0.15) is 0 Å². The Balaban J connectivity index is 1.65. The first kappa shape index (κ1) is 18.2. The molecule has 2 aromatic heterocycles. The van der Waals surface area contributed by atoms with Crippen molar-refractivity contribution in [3.05, 3.63) is 30.2 Å². The fraction of sp³-hybridized carbons (Fsp3) is 0.588. The van der Waals surface area contributed by atoms with E-state index in [4.69, 9.17) is 4.74 Å². The van der Waals surface area contributed by atoms with Crippen molar-refractivity contribution in [2.45, 2.75) is 26.7 Å². The molecule has 0 aliphatic heterocycles. The van der Waals surface area contributed by atoms with Gasteiger partial charge in [0, 0.05) is 39.4 Å². The topological polar surface area (TPSA) is 75.8 Å². The van der Waals surface area contributed by atoms with E-state index in [-0.39, 0.29) is 0 Å². The van der Waals surface area contributed by atoms with Gasteiger partial charge < -0.3 is 15.4 Å². The Kier molecular flexibility index (Phi) is 7.48. The molecule has 0 amide bonds. The molecule has 0 radical (unpaired) electrons. The number of fused-ring (bicyclic) bond motifs is 1. The quantitative estimate of drug-likeness (QED) is 0.413. The van der Waals surface area contributed by atoms with E-state index in [1.165, 1.54) is 0 Å². The molecule has 0 spiro atoms. The zero-order valence-corrected chi connectivity index (χ0v) is 14.8. The first-order valence-electron chi connectivity index (χ1n) is 8.51. The fourth-order valence-electron chi connectivity index (χ4n) is 2.24. The Morgan fingerprint density at radius 1 is 1.21 bits per heavy atom. The van der Waals surface area contributed by atoms with Gasteiger partial charge in [-0.1, -0.05) is 19.9 Å². The van der Waals surface area contributed by atoms with Crippen LogP contribution in [0.4, 0.5) is 0 Å². The van der Waals surface area contributed by atoms with Crippen LogP contribution in [0.3, 0.4) is 0 Å². The molecule has 24 heavy (non-hydrogen) atoms. The molecule has 2 rings (SSSR count). The number of rotatable bonds is 9. The van der Waals surface area contributed by atoms with Crippen molar-refractivity contribution in [3.8, 4) is 0 Å². The molecular weight excluding hydrogens is 304 g/mol. The SMILES string of the molecule is CN=C(NCCOCCC(C)C)NCCc1nnc2ccccn12. The minimum absolute atomic E-state index is 0.681. The van der Waals surface area contributed by atoms with E-state index in [1.807, 2.05) is 28.8 Å². The van der Waals surface area contributed by atoms with Gasteiger partial charge in [-0.15, -0.1) is 10.2 Å². The maximum absolute atomic E-state index is 5.58. The minimum atomic E-state index is 0.681. The minimum Gasteiger partial charge on any atom is -0.380 e. The Morgan fingerprint density at radius 2 is 2.04 bits per heavy atom. The summed E-state index contributed by atoms with van der Waals surface area (Å²) >= 11 is 0. The van der Waals surface area contributed by atoms with E-state index in [0.29, 0.717) is 12.5 Å². The molecule has 2 N–H and O–H groups in total. The lowest BCUT2D eigenvalue weighted by molar-refractivity contribution is 0.128. The van der Waals surface area contributed by atoms with Crippen molar-refractivity contribution in [1.82, 2.24) is 25.2 Å². The molecule has 132 valence electrons. The van der Waals surface area contributed by atoms with Gasteiger partial charge in [0.2, 0.25) is 0 Å². The number of hydrogen-bond donors (Lipinski definition) is 2. The second-order valence-electron chi connectivity index (χ2n) is 6.02. The first-order valence-corrected chi connectivity index (χ1v) is 8.51. The zero-order valence-electron chi connectivity index (χ0n) is 14.8. The Labute approximate surface area is 143 Å². The number of pyridine rings is 1. The summed E-state index contributed by atoms with van der Waals surface area (Å²) < 4.78 is 7.58. The number of aliphatic imine (C=N–C) groups is 1. The summed E-state index contributed by atoms with van der Waals surface area (Å²) in [5, 5.41) is 14.9. The van der Waals surface area contributed by atoms with E-state index < -0.39 is 0 Å². The maximum atomic E-state index is 5.58. The van der Waals surface area contributed by atoms with Crippen LogP contribution < -0.4 is 10.6 Å². The van der Waals surface area contributed by atoms with Crippen molar-refractivity contribution in [1.29, 1.82) is 0 Å². The van der Waals surface area contributed by atoms with Gasteiger partial charge in [0.05, 0.1) is 6.61 Å². The summed E-state index contributed by atoms with van der Waals surface area (Å²) in [6, 6.07) is 5.89. The van der Waals surface area contributed by atoms with Crippen molar-refractivity contribution >= 4 is 11.6 Å². The third-order valence-electron chi connectivity index (χ3n) is 3.63. The normalized spacial score (nSPS) is 12.1. The molecule has 2 heterocycles. The van der Waals surface area contributed by atoms with E-state index in [0.717, 1.165) is 50.0 Å². The second kappa shape index (κ2) is 9.87. The van der Waals surface area contributed by atoms with Crippen molar-refractivity contribution < 1.29 is 4.74 Å². The zero-order chi connectivity index (χ0) is 17.2. The molecule has 0 saturated heterocycles. The number of guanidine groups is 1. The van der Waals surface area contributed by atoms with Gasteiger partial charge in [0.15, 0.2) is 11.6 Å². The van der Waals surface area contributed by atoms with Gasteiger partial charge >= 0.3 is 0 Å². The molecule has 7 heteroatoms. The number of hydrogen-bond acceptors (Lipinski definition) is 4. The maximum Gasteiger partial charge on any atom is 0.191 e. The molecule has 0 aliphatic carbocycles. The lowest BCUT2D eigenvalue weighted by Crippen LogP contribution is -2.40. The Hall–Kier alpha value is -2.15. The summed E-state index contributed by atoms with van der Waals surface area (Å²) in [4.78, 5) is 4.21. The summed E-state index contributed by atoms with van der Waals surface area (Å²) in [5.74, 6) is 2.39. The highest BCUT2D eigenvalue weighted by atomic mass is 16.5. The molecule has 0 aromatic carbocycles. The molecule has 0 atom stereocenters. The first-order chi connectivity index (χ1) is 11.7. The standard InChI is InChI=1S/C17H28N6O/c1-14(2)8-12-24-13-10-20-17(18-3)19-9-7-16-22-21-15-6-4-5-11-23(15)16/h4-6,11,14H,7-10,12-13H2,1-3H3,(H2,18,19,20).